The van der Waals surface area contributed by atoms with E-state index in [1.54, 1.807) is 5.32 Å². The van der Waals surface area contributed by atoms with Crippen LogP contribution in [0.2, 0.25) is 0 Å². The predicted molar refractivity (Wildman–Crippen MR) is 63.3 cm³/mol. The number of carbonyl (C=O) groups excluding carboxylic acids is 1. The zero-order chi connectivity index (χ0) is 13.9. The first-order valence-electron chi connectivity index (χ1n) is 5.84. The van der Waals surface area contributed by atoms with Crippen LogP contribution >= 0.6 is 0 Å². The number of benzene rings is 1. The molecule has 0 atom stereocenters. The number of urea groups is 1. The fourth-order valence-electron chi connectivity index (χ4n) is 1.88. The maximum atomic E-state index is 11.9. The number of carbonyl (C=O) groups is 1. The van der Waals surface area contributed by atoms with Gasteiger partial charge in [-0.05, 0) is 16.7 Å². The van der Waals surface area contributed by atoms with Crippen molar-refractivity contribution in [2.24, 2.45) is 0 Å². The molecule has 2 amide bonds. The molecule has 0 aromatic heterocycles. The van der Waals surface area contributed by atoms with E-state index in [0.29, 0.717) is 0 Å². The van der Waals surface area contributed by atoms with Gasteiger partial charge >= 0.3 is 12.2 Å². The second-order valence-corrected chi connectivity index (χ2v) is 4.36. The van der Waals surface area contributed by atoms with E-state index in [1.807, 2.05) is 18.2 Å². The van der Waals surface area contributed by atoms with Gasteiger partial charge in [0.2, 0.25) is 0 Å². The van der Waals surface area contributed by atoms with Crippen LogP contribution in [0.25, 0.3) is 0 Å². The van der Waals surface area contributed by atoms with Crippen molar-refractivity contribution in [1.29, 1.82) is 0 Å². The van der Waals surface area contributed by atoms with Gasteiger partial charge < -0.3 is 16.0 Å². The van der Waals surface area contributed by atoms with E-state index in [2.05, 4.69) is 10.6 Å². The molecule has 3 N–H and O–H groups in total. The maximum absolute atomic E-state index is 11.9. The Kier molecular flexibility index (Phi) is 3.94. The van der Waals surface area contributed by atoms with Crippen molar-refractivity contribution in [3.05, 3.63) is 34.9 Å². The molecule has 0 saturated carbocycles. The molecule has 2 rings (SSSR count). The lowest BCUT2D eigenvalue weighted by atomic mass is 10.1. The predicted octanol–water partition coefficient (Wildman–Crippen LogP) is 1.65. The third-order valence-electron chi connectivity index (χ3n) is 2.80. The first kappa shape index (κ1) is 13.7. The molecule has 0 bridgehead atoms. The van der Waals surface area contributed by atoms with Crippen LogP contribution in [0, 0.1) is 0 Å². The third kappa shape index (κ3) is 4.13. The lowest BCUT2D eigenvalue weighted by Gasteiger charge is -2.10. The largest absolute Gasteiger partial charge is 0.405 e. The Hall–Kier alpha value is -1.76. The summed E-state index contributed by atoms with van der Waals surface area (Å²) in [5, 5.41) is 7.34. The van der Waals surface area contributed by atoms with Crippen LogP contribution in [0.15, 0.2) is 18.2 Å². The number of hydrogen-bond donors (Lipinski definition) is 3. The van der Waals surface area contributed by atoms with Crippen molar-refractivity contribution < 1.29 is 18.0 Å². The summed E-state index contributed by atoms with van der Waals surface area (Å²) >= 11 is 0. The number of hydrogen-bond acceptors (Lipinski definition) is 2. The number of amides is 2. The molecule has 1 heterocycles. The quantitative estimate of drug-likeness (QED) is 0.784. The monoisotopic (exact) mass is 273 g/mol. The van der Waals surface area contributed by atoms with E-state index < -0.39 is 18.8 Å². The third-order valence-corrected chi connectivity index (χ3v) is 2.80. The molecule has 1 aromatic rings. The van der Waals surface area contributed by atoms with E-state index >= 15 is 0 Å². The van der Waals surface area contributed by atoms with Gasteiger partial charge in [0.1, 0.15) is 6.54 Å². The Labute approximate surface area is 108 Å². The molecule has 0 saturated heterocycles. The zero-order valence-corrected chi connectivity index (χ0v) is 10.1. The van der Waals surface area contributed by atoms with Gasteiger partial charge in [0.05, 0.1) is 0 Å². The van der Waals surface area contributed by atoms with Crippen molar-refractivity contribution in [2.75, 3.05) is 6.54 Å². The van der Waals surface area contributed by atoms with Crippen molar-refractivity contribution >= 4 is 6.03 Å². The van der Waals surface area contributed by atoms with Crippen LogP contribution in [-0.2, 0) is 19.6 Å². The summed E-state index contributed by atoms with van der Waals surface area (Å²) < 4.78 is 35.6. The Balaban J connectivity index is 1.81. The van der Waals surface area contributed by atoms with E-state index in [0.717, 1.165) is 24.2 Å². The molecule has 0 unspecified atom stereocenters. The summed E-state index contributed by atoms with van der Waals surface area (Å²) in [7, 11) is 0. The minimum Gasteiger partial charge on any atom is -0.334 e. The summed E-state index contributed by atoms with van der Waals surface area (Å²) in [5.74, 6) is 0. The average Bonchev–Trinajstić information content (AvgIpc) is 2.80. The smallest absolute Gasteiger partial charge is 0.334 e. The Morgan fingerprint density at radius 1 is 1.21 bits per heavy atom. The summed E-state index contributed by atoms with van der Waals surface area (Å²) in [6.45, 7) is 0.489. The second kappa shape index (κ2) is 5.48. The Morgan fingerprint density at radius 3 is 2.68 bits per heavy atom. The molecule has 1 aliphatic heterocycles. The number of rotatable bonds is 3. The van der Waals surface area contributed by atoms with E-state index in [-0.39, 0.29) is 6.54 Å². The lowest BCUT2D eigenvalue weighted by Crippen LogP contribution is -2.40. The number of nitrogens with one attached hydrogen (secondary N) is 3. The molecule has 4 nitrogen and oxygen atoms in total. The number of halogens is 3. The van der Waals surface area contributed by atoms with Gasteiger partial charge in [-0.3, -0.25) is 0 Å². The molecule has 1 aliphatic rings. The highest BCUT2D eigenvalue weighted by Gasteiger charge is 2.27. The molecule has 19 heavy (non-hydrogen) atoms. The normalized spacial score (nSPS) is 14.1. The van der Waals surface area contributed by atoms with Crippen molar-refractivity contribution in [2.45, 2.75) is 25.8 Å². The second-order valence-electron chi connectivity index (χ2n) is 4.36. The summed E-state index contributed by atoms with van der Waals surface area (Å²) in [6, 6.07) is 4.94. The highest BCUT2D eigenvalue weighted by Crippen LogP contribution is 2.17. The number of fused-ring (bicyclic) bond motifs is 1. The first-order chi connectivity index (χ1) is 8.94. The van der Waals surface area contributed by atoms with Crippen LogP contribution in [-0.4, -0.2) is 18.8 Å². The molecule has 0 spiro atoms. The van der Waals surface area contributed by atoms with Gasteiger partial charge in [0.25, 0.3) is 0 Å². The molecule has 7 heteroatoms. The molecule has 104 valence electrons. The van der Waals surface area contributed by atoms with Gasteiger partial charge in [-0.2, -0.15) is 13.2 Å². The molecule has 0 fully saturated rings. The molecule has 1 aromatic carbocycles. The fraction of sp³-hybridized carbons (Fsp3) is 0.417. The van der Waals surface area contributed by atoms with Crippen molar-refractivity contribution in [3.63, 3.8) is 0 Å². The lowest BCUT2D eigenvalue weighted by molar-refractivity contribution is -0.122. The minimum atomic E-state index is -4.39. The van der Waals surface area contributed by atoms with Crippen molar-refractivity contribution in [3.8, 4) is 0 Å². The van der Waals surface area contributed by atoms with Crippen molar-refractivity contribution in [1.82, 2.24) is 16.0 Å². The molecule has 0 radical (unpaired) electrons. The highest BCUT2D eigenvalue weighted by atomic mass is 19.4. The van der Waals surface area contributed by atoms with Gasteiger partial charge in [-0.25, -0.2) is 4.79 Å². The highest BCUT2D eigenvalue weighted by molar-refractivity contribution is 5.73. The summed E-state index contributed by atoms with van der Waals surface area (Å²) in [6.07, 6.45) is -4.39. The Morgan fingerprint density at radius 2 is 1.95 bits per heavy atom. The maximum Gasteiger partial charge on any atom is 0.405 e. The molecule has 0 aliphatic carbocycles. The average molecular weight is 273 g/mol. The molecular formula is C12H14F3N3O. The van der Waals surface area contributed by atoms with Crippen LogP contribution < -0.4 is 16.0 Å². The van der Waals surface area contributed by atoms with Crippen LogP contribution in [0.4, 0.5) is 18.0 Å². The topological polar surface area (TPSA) is 53.2 Å². The first-order valence-corrected chi connectivity index (χ1v) is 5.84. The van der Waals surface area contributed by atoms with E-state index in [4.69, 9.17) is 0 Å². The minimum absolute atomic E-state index is 0.205. The van der Waals surface area contributed by atoms with Gasteiger partial charge in [-0.15, -0.1) is 0 Å². The summed E-state index contributed by atoms with van der Waals surface area (Å²) in [5.41, 5.74) is 3.24. The van der Waals surface area contributed by atoms with E-state index in [9.17, 15) is 18.0 Å². The number of alkyl halides is 3. The van der Waals surface area contributed by atoms with E-state index in [1.165, 1.54) is 5.56 Å². The summed E-state index contributed by atoms with van der Waals surface area (Å²) in [4.78, 5) is 11.2. The van der Waals surface area contributed by atoms with Crippen LogP contribution in [0.5, 0.6) is 0 Å². The Bertz CT molecular complexity index is 474. The molecular weight excluding hydrogens is 259 g/mol. The standard InChI is InChI=1S/C12H14F3N3O/c13-12(14,15)7-18-11(19)17-4-8-1-2-9-5-16-6-10(9)3-8/h1-3,16H,4-7H2,(H2,17,18,19). The van der Waals surface area contributed by atoms with Gasteiger partial charge in [-0.1, -0.05) is 18.2 Å². The van der Waals surface area contributed by atoms with Crippen LogP contribution in [0.3, 0.4) is 0 Å². The fourth-order valence-corrected chi connectivity index (χ4v) is 1.88. The van der Waals surface area contributed by atoms with Gasteiger partial charge in [0, 0.05) is 19.6 Å². The SMILES string of the molecule is O=C(NCc1ccc2c(c1)CNC2)NCC(F)(F)F. The van der Waals surface area contributed by atoms with Crippen LogP contribution in [0.1, 0.15) is 16.7 Å². The zero-order valence-electron chi connectivity index (χ0n) is 10.1. The van der Waals surface area contributed by atoms with Gasteiger partial charge in [0.15, 0.2) is 0 Å².